The summed E-state index contributed by atoms with van der Waals surface area (Å²) in [6.07, 6.45) is 0.942. The van der Waals surface area contributed by atoms with Crippen molar-refractivity contribution < 1.29 is 18.0 Å². The first-order chi connectivity index (χ1) is 15.3. The number of hydrogen-bond donors (Lipinski definition) is 1. The second-order valence-electron chi connectivity index (χ2n) is 7.81. The average Bonchev–Trinajstić information content (AvgIpc) is 2.79. The van der Waals surface area contributed by atoms with Crippen LogP contribution < -0.4 is 5.32 Å². The Labute approximate surface area is 194 Å². The third kappa shape index (κ3) is 7.05. The van der Waals surface area contributed by atoms with Crippen LogP contribution >= 0.6 is 11.6 Å². The molecule has 0 spiro atoms. The van der Waals surface area contributed by atoms with E-state index in [0.717, 1.165) is 31.1 Å². The molecule has 0 unspecified atom stereocenters. The maximum absolute atomic E-state index is 12.8. The molecule has 0 saturated carbocycles. The van der Waals surface area contributed by atoms with E-state index >= 15 is 0 Å². The lowest BCUT2D eigenvalue weighted by Crippen LogP contribution is -2.49. The standard InChI is InChI=1S/C23H28ClN3O4S/c1-2-32(30,31)17-22(28)25-21-9-5-19(6-10-21)23(29)27-15-13-26(14-16-27)12-11-18-3-7-20(24)8-4-18/h3-10H,2,11-17H2,1H3,(H,25,28). The molecule has 2 aromatic carbocycles. The number of benzene rings is 2. The van der Waals surface area contributed by atoms with Crippen molar-refractivity contribution >= 4 is 38.9 Å². The molecule has 1 heterocycles. The zero-order valence-corrected chi connectivity index (χ0v) is 19.7. The van der Waals surface area contributed by atoms with Gasteiger partial charge < -0.3 is 10.2 Å². The third-order valence-corrected chi connectivity index (χ3v) is 7.33. The molecule has 172 valence electrons. The second kappa shape index (κ2) is 10.9. The zero-order valence-electron chi connectivity index (χ0n) is 18.1. The quantitative estimate of drug-likeness (QED) is 0.631. The van der Waals surface area contributed by atoms with E-state index in [4.69, 9.17) is 11.6 Å². The first-order valence-electron chi connectivity index (χ1n) is 10.6. The van der Waals surface area contributed by atoms with Crippen molar-refractivity contribution in [3.05, 3.63) is 64.7 Å². The largest absolute Gasteiger partial charge is 0.336 e. The fourth-order valence-electron chi connectivity index (χ4n) is 3.49. The second-order valence-corrected chi connectivity index (χ2v) is 10.6. The monoisotopic (exact) mass is 477 g/mol. The third-order valence-electron chi connectivity index (χ3n) is 5.50. The van der Waals surface area contributed by atoms with Gasteiger partial charge in [0, 0.05) is 54.8 Å². The van der Waals surface area contributed by atoms with Gasteiger partial charge in [0.15, 0.2) is 9.84 Å². The molecule has 3 rings (SSSR count). The van der Waals surface area contributed by atoms with Crippen LogP contribution in [-0.2, 0) is 21.1 Å². The van der Waals surface area contributed by atoms with Crippen molar-refractivity contribution in [2.24, 2.45) is 0 Å². The van der Waals surface area contributed by atoms with Gasteiger partial charge in [0.2, 0.25) is 5.91 Å². The van der Waals surface area contributed by atoms with Gasteiger partial charge in [-0.05, 0) is 48.4 Å². The van der Waals surface area contributed by atoms with Crippen LogP contribution in [0.4, 0.5) is 5.69 Å². The summed E-state index contributed by atoms with van der Waals surface area (Å²) in [5, 5.41) is 3.29. The lowest BCUT2D eigenvalue weighted by Gasteiger charge is -2.34. The van der Waals surface area contributed by atoms with Gasteiger partial charge >= 0.3 is 0 Å². The number of nitrogens with one attached hydrogen (secondary N) is 1. The van der Waals surface area contributed by atoms with Crippen LogP contribution in [0.2, 0.25) is 5.02 Å². The molecule has 1 saturated heterocycles. The van der Waals surface area contributed by atoms with Crippen LogP contribution in [0.15, 0.2) is 48.5 Å². The highest BCUT2D eigenvalue weighted by Gasteiger charge is 2.22. The van der Waals surface area contributed by atoms with Gasteiger partial charge in [0.05, 0.1) is 0 Å². The van der Waals surface area contributed by atoms with Crippen LogP contribution in [0, 0.1) is 0 Å². The van der Waals surface area contributed by atoms with Crippen LogP contribution in [0.3, 0.4) is 0 Å². The number of carbonyl (C=O) groups is 2. The normalized spacial score (nSPS) is 14.9. The van der Waals surface area contributed by atoms with E-state index in [0.29, 0.717) is 24.3 Å². The summed E-state index contributed by atoms with van der Waals surface area (Å²) in [5.74, 6) is -1.26. The van der Waals surface area contributed by atoms with E-state index < -0.39 is 21.5 Å². The van der Waals surface area contributed by atoms with Gasteiger partial charge in [-0.15, -0.1) is 0 Å². The summed E-state index contributed by atoms with van der Waals surface area (Å²) in [6.45, 7) is 5.40. The molecule has 0 atom stereocenters. The maximum atomic E-state index is 12.8. The Bertz CT molecular complexity index is 1030. The maximum Gasteiger partial charge on any atom is 0.253 e. The predicted octanol–water partition coefficient (Wildman–Crippen LogP) is 2.71. The molecular weight excluding hydrogens is 450 g/mol. The van der Waals surface area contributed by atoms with Crippen molar-refractivity contribution in [3.8, 4) is 0 Å². The molecule has 1 N–H and O–H groups in total. The van der Waals surface area contributed by atoms with Crippen molar-refractivity contribution in [3.63, 3.8) is 0 Å². The lowest BCUT2D eigenvalue weighted by atomic mass is 10.1. The SMILES string of the molecule is CCS(=O)(=O)CC(=O)Nc1ccc(C(=O)N2CCN(CCc3ccc(Cl)cc3)CC2)cc1. The highest BCUT2D eigenvalue weighted by atomic mass is 35.5. The molecule has 7 nitrogen and oxygen atoms in total. The molecule has 1 fully saturated rings. The fraction of sp³-hybridized carbons (Fsp3) is 0.391. The van der Waals surface area contributed by atoms with E-state index in [1.807, 2.05) is 29.2 Å². The molecule has 2 amide bonds. The molecule has 0 radical (unpaired) electrons. The van der Waals surface area contributed by atoms with E-state index in [9.17, 15) is 18.0 Å². The minimum absolute atomic E-state index is 0.0474. The number of hydrogen-bond acceptors (Lipinski definition) is 5. The van der Waals surface area contributed by atoms with Gasteiger partial charge in [0.1, 0.15) is 5.75 Å². The van der Waals surface area contributed by atoms with E-state index in [2.05, 4.69) is 10.2 Å². The molecule has 0 aliphatic carbocycles. The van der Waals surface area contributed by atoms with Gasteiger partial charge in [0.25, 0.3) is 5.91 Å². The summed E-state index contributed by atoms with van der Waals surface area (Å²) in [7, 11) is -3.38. The van der Waals surface area contributed by atoms with Crippen LogP contribution in [-0.4, -0.2) is 74.3 Å². The molecule has 1 aliphatic heterocycles. The minimum atomic E-state index is -3.38. The Kier molecular flexibility index (Phi) is 8.28. The van der Waals surface area contributed by atoms with Gasteiger partial charge in [-0.25, -0.2) is 8.42 Å². The van der Waals surface area contributed by atoms with Gasteiger partial charge in [-0.3, -0.25) is 14.5 Å². The summed E-state index contributed by atoms with van der Waals surface area (Å²) >= 11 is 5.93. The first-order valence-corrected chi connectivity index (χ1v) is 12.8. The molecular formula is C23H28ClN3O4S. The number of amides is 2. The van der Waals surface area contributed by atoms with Crippen LogP contribution in [0.1, 0.15) is 22.8 Å². The Balaban J connectivity index is 1.46. The van der Waals surface area contributed by atoms with Crippen molar-refractivity contribution in [1.82, 2.24) is 9.80 Å². The Morgan fingerprint density at radius 3 is 2.19 bits per heavy atom. The number of halogens is 1. The number of nitrogens with zero attached hydrogens (tertiary/aromatic N) is 2. The van der Waals surface area contributed by atoms with E-state index in [-0.39, 0.29) is 11.7 Å². The van der Waals surface area contributed by atoms with Crippen molar-refractivity contribution in [1.29, 1.82) is 0 Å². The highest BCUT2D eigenvalue weighted by Crippen LogP contribution is 2.15. The summed E-state index contributed by atoms with van der Waals surface area (Å²) < 4.78 is 23.1. The number of sulfone groups is 1. The van der Waals surface area contributed by atoms with Gasteiger partial charge in [-0.2, -0.15) is 0 Å². The number of piperazine rings is 1. The van der Waals surface area contributed by atoms with E-state index in [1.54, 1.807) is 24.3 Å². The van der Waals surface area contributed by atoms with Crippen LogP contribution in [0.5, 0.6) is 0 Å². The summed E-state index contributed by atoms with van der Waals surface area (Å²) in [4.78, 5) is 28.9. The number of carbonyl (C=O) groups excluding carboxylic acids is 2. The average molecular weight is 478 g/mol. The highest BCUT2D eigenvalue weighted by molar-refractivity contribution is 7.92. The smallest absolute Gasteiger partial charge is 0.253 e. The summed E-state index contributed by atoms with van der Waals surface area (Å²) in [5.41, 5.74) is 2.25. The fourth-order valence-corrected chi connectivity index (χ4v) is 4.29. The lowest BCUT2D eigenvalue weighted by molar-refractivity contribution is -0.113. The van der Waals surface area contributed by atoms with Crippen molar-refractivity contribution in [2.75, 3.05) is 49.5 Å². The predicted molar refractivity (Wildman–Crippen MR) is 127 cm³/mol. The van der Waals surface area contributed by atoms with Crippen molar-refractivity contribution in [2.45, 2.75) is 13.3 Å². The molecule has 0 bridgehead atoms. The Hall–Kier alpha value is -2.42. The topological polar surface area (TPSA) is 86.8 Å². The molecule has 0 aromatic heterocycles. The molecule has 2 aromatic rings. The van der Waals surface area contributed by atoms with Crippen LogP contribution in [0.25, 0.3) is 0 Å². The molecule has 32 heavy (non-hydrogen) atoms. The number of anilines is 1. The molecule has 9 heteroatoms. The number of rotatable bonds is 8. The Morgan fingerprint density at radius 2 is 1.59 bits per heavy atom. The minimum Gasteiger partial charge on any atom is -0.336 e. The van der Waals surface area contributed by atoms with E-state index in [1.165, 1.54) is 12.5 Å². The Morgan fingerprint density at radius 1 is 0.969 bits per heavy atom. The first kappa shape index (κ1) is 24.2. The van der Waals surface area contributed by atoms with Gasteiger partial charge in [-0.1, -0.05) is 30.7 Å². The summed E-state index contributed by atoms with van der Waals surface area (Å²) in [6, 6.07) is 14.4. The zero-order chi connectivity index (χ0) is 23.1. The molecule has 1 aliphatic rings.